The first-order chi connectivity index (χ1) is 7.42. The van der Waals surface area contributed by atoms with Crippen molar-refractivity contribution in [2.75, 3.05) is 6.54 Å². The van der Waals surface area contributed by atoms with Gasteiger partial charge in [-0.1, -0.05) is 24.3 Å². The van der Waals surface area contributed by atoms with Crippen molar-refractivity contribution in [1.82, 2.24) is 5.32 Å². The number of rotatable bonds is 2. The summed E-state index contributed by atoms with van der Waals surface area (Å²) < 4.78 is 0. The molecule has 1 heterocycles. The molecular weight excluding hydrogens is 182 g/mol. The number of nitrogens with one attached hydrogen (secondary N) is 1. The molecule has 1 nitrogen and oxygen atoms in total. The van der Waals surface area contributed by atoms with Crippen LogP contribution in [-0.4, -0.2) is 6.54 Å². The summed E-state index contributed by atoms with van der Waals surface area (Å²) in [6.45, 7) is 3.00. The summed E-state index contributed by atoms with van der Waals surface area (Å²) in [7, 11) is 0. The van der Waals surface area contributed by atoms with E-state index in [2.05, 4.69) is 41.4 Å². The Hall–Kier alpha value is -1.26. The average molecular weight is 199 g/mol. The molecule has 0 amide bonds. The highest BCUT2D eigenvalue weighted by Crippen LogP contribution is 2.25. The lowest BCUT2D eigenvalue weighted by atomic mass is 9.92. The molecule has 1 N–H and O–H groups in total. The summed E-state index contributed by atoms with van der Waals surface area (Å²) in [5.41, 5.74) is 2.98. The van der Waals surface area contributed by atoms with Gasteiger partial charge in [-0.2, -0.15) is 0 Å². The van der Waals surface area contributed by atoms with Crippen LogP contribution in [0.2, 0.25) is 0 Å². The maximum atomic E-state index is 3.57. The first kappa shape index (κ1) is 10.3. The van der Waals surface area contributed by atoms with Gasteiger partial charge in [-0.05, 0) is 37.4 Å². The van der Waals surface area contributed by atoms with Crippen LogP contribution >= 0.6 is 0 Å². The monoisotopic (exact) mass is 199 g/mol. The first-order valence-corrected chi connectivity index (χ1v) is 5.62. The van der Waals surface area contributed by atoms with Crippen molar-refractivity contribution in [3.63, 3.8) is 0 Å². The van der Waals surface area contributed by atoms with Crippen LogP contribution < -0.4 is 5.32 Å². The van der Waals surface area contributed by atoms with Crippen LogP contribution in [0, 0.1) is 11.8 Å². The predicted molar refractivity (Wildman–Crippen MR) is 63.6 cm³/mol. The lowest BCUT2D eigenvalue weighted by Gasteiger charge is -2.26. The Kier molecular flexibility index (Phi) is 3.42. The Morgan fingerprint density at radius 1 is 1.40 bits per heavy atom. The van der Waals surface area contributed by atoms with Gasteiger partial charge < -0.3 is 5.32 Å². The Balaban J connectivity index is 2.10. The van der Waals surface area contributed by atoms with Crippen molar-refractivity contribution in [2.45, 2.75) is 32.2 Å². The molecule has 1 aromatic rings. The topological polar surface area (TPSA) is 12.0 Å². The second-order valence-corrected chi connectivity index (χ2v) is 3.92. The fraction of sp³-hybridized carbons (Fsp3) is 0.429. The molecule has 15 heavy (non-hydrogen) atoms. The highest BCUT2D eigenvalue weighted by Gasteiger charge is 2.17. The normalized spacial score (nSPS) is 18.9. The minimum absolute atomic E-state index is 0.510. The second kappa shape index (κ2) is 5.00. The van der Waals surface area contributed by atoms with Gasteiger partial charge in [0.15, 0.2) is 0 Å². The van der Waals surface area contributed by atoms with Gasteiger partial charge in [-0.25, -0.2) is 0 Å². The van der Waals surface area contributed by atoms with E-state index in [0.29, 0.717) is 6.04 Å². The van der Waals surface area contributed by atoms with Gasteiger partial charge in [-0.3, -0.25) is 0 Å². The van der Waals surface area contributed by atoms with Crippen molar-refractivity contribution in [2.24, 2.45) is 0 Å². The van der Waals surface area contributed by atoms with E-state index in [1.165, 1.54) is 11.1 Å². The zero-order valence-corrected chi connectivity index (χ0v) is 9.22. The molecule has 1 heteroatoms. The zero-order valence-electron chi connectivity index (χ0n) is 9.22. The van der Waals surface area contributed by atoms with Gasteiger partial charge in [0.2, 0.25) is 0 Å². The SMILES string of the molecule is CC#CCCC1NCCc2ccccc21. The fourth-order valence-electron chi connectivity index (χ4n) is 2.19. The predicted octanol–water partition coefficient (Wildman–Crippen LogP) is 2.68. The number of benzene rings is 1. The third-order valence-electron chi connectivity index (χ3n) is 2.95. The van der Waals surface area contributed by atoms with Crippen molar-refractivity contribution in [1.29, 1.82) is 0 Å². The van der Waals surface area contributed by atoms with Crippen molar-refractivity contribution in [3.8, 4) is 11.8 Å². The van der Waals surface area contributed by atoms with E-state index in [1.807, 2.05) is 6.92 Å². The number of fused-ring (bicyclic) bond motifs is 1. The Labute approximate surface area is 91.9 Å². The smallest absolute Gasteiger partial charge is 0.0332 e. The standard InChI is InChI=1S/C14H17N/c1-2-3-4-9-14-13-8-6-5-7-12(13)10-11-15-14/h5-8,14-15H,4,9-11H2,1H3. The molecular formula is C14H17N. The van der Waals surface area contributed by atoms with Gasteiger partial charge >= 0.3 is 0 Å². The molecule has 0 fully saturated rings. The third-order valence-corrected chi connectivity index (χ3v) is 2.95. The van der Waals surface area contributed by atoms with E-state index < -0.39 is 0 Å². The molecule has 1 aromatic carbocycles. The molecule has 1 aliphatic heterocycles. The summed E-state index contributed by atoms with van der Waals surface area (Å²) in [5.74, 6) is 6.09. The minimum Gasteiger partial charge on any atom is -0.310 e. The molecule has 0 aromatic heterocycles. The van der Waals surface area contributed by atoms with E-state index in [1.54, 1.807) is 0 Å². The molecule has 0 radical (unpaired) electrons. The Morgan fingerprint density at radius 2 is 2.27 bits per heavy atom. The van der Waals surface area contributed by atoms with Gasteiger partial charge in [0, 0.05) is 12.5 Å². The number of hydrogen-bond acceptors (Lipinski definition) is 1. The van der Waals surface area contributed by atoms with E-state index in [9.17, 15) is 0 Å². The van der Waals surface area contributed by atoms with Gasteiger partial charge in [0.05, 0.1) is 0 Å². The molecule has 0 aliphatic carbocycles. The molecule has 0 saturated carbocycles. The highest BCUT2D eigenvalue weighted by molar-refractivity contribution is 5.32. The van der Waals surface area contributed by atoms with E-state index >= 15 is 0 Å². The summed E-state index contributed by atoms with van der Waals surface area (Å²) in [6.07, 6.45) is 3.27. The largest absolute Gasteiger partial charge is 0.310 e. The zero-order chi connectivity index (χ0) is 10.5. The maximum Gasteiger partial charge on any atom is 0.0332 e. The number of hydrogen-bond donors (Lipinski definition) is 1. The van der Waals surface area contributed by atoms with Crippen molar-refractivity contribution in [3.05, 3.63) is 35.4 Å². The van der Waals surface area contributed by atoms with Gasteiger partial charge in [0.25, 0.3) is 0 Å². The Morgan fingerprint density at radius 3 is 3.13 bits per heavy atom. The summed E-state index contributed by atoms with van der Waals surface area (Å²) >= 11 is 0. The lowest BCUT2D eigenvalue weighted by Crippen LogP contribution is -2.29. The van der Waals surface area contributed by atoms with Crippen LogP contribution in [0.5, 0.6) is 0 Å². The summed E-state index contributed by atoms with van der Waals surface area (Å²) in [4.78, 5) is 0. The molecule has 1 atom stereocenters. The first-order valence-electron chi connectivity index (χ1n) is 5.62. The van der Waals surface area contributed by atoms with E-state index in [4.69, 9.17) is 0 Å². The van der Waals surface area contributed by atoms with Crippen molar-refractivity contribution < 1.29 is 0 Å². The summed E-state index contributed by atoms with van der Waals surface area (Å²) in [6, 6.07) is 9.26. The maximum absolute atomic E-state index is 3.57. The lowest BCUT2D eigenvalue weighted by molar-refractivity contribution is 0.481. The second-order valence-electron chi connectivity index (χ2n) is 3.92. The van der Waals surface area contributed by atoms with Crippen LogP contribution in [0.1, 0.15) is 36.9 Å². The average Bonchev–Trinajstić information content (AvgIpc) is 2.30. The summed E-state index contributed by atoms with van der Waals surface area (Å²) in [5, 5.41) is 3.57. The molecule has 1 aliphatic rings. The molecule has 0 spiro atoms. The van der Waals surface area contributed by atoms with Crippen LogP contribution in [0.3, 0.4) is 0 Å². The van der Waals surface area contributed by atoms with E-state index in [-0.39, 0.29) is 0 Å². The quantitative estimate of drug-likeness (QED) is 0.722. The third kappa shape index (κ3) is 2.40. The van der Waals surface area contributed by atoms with Gasteiger partial charge in [0.1, 0.15) is 0 Å². The van der Waals surface area contributed by atoms with Crippen molar-refractivity contribution >= 4 is 0 Å². The van der Waals surface area contributed by atoms with Crippen LogP contribution in [0.25, 0.3) is 0 Å². The van der Waals surface area contributed by atoms with Crippen LogP contribution in [0.15, 0.2) is 24.3 Å². The molecule has 0 saturated heterocycles. The van der Waals surface area contributed by atoms with Crippen LogP contribution in [0.4, 0.5) is 0 Å². The molecule has 0 bridgehead atoms. The van der Waals surface area contributed by atoms with E-state index in [0.717, 1.165) is 25.8 Å². The minimum atomic E-state index is 0.510. The Bertz CT molecular complexity index is 384. The highest BCUT2D eigenvalue weighted by atomic mass is 14.9. The molecule has 1 unspecified atom stereocenters. The fourth-order valence-corrected chi connectivity index (χ4v) is 2.19. The van der Waals surface area contributed by atoms with Gasteiger partial charge in [-0.15, -0.1) is 11.8 Å². The van der Waals surface area contributed by atoms with Crippen LogP contribution in [-0.2, 0) is 6.42 Å². The molecule has 78 valence electrons. The molecule has 2 rings (SSSR count).